The average Bonchev–Trinajstić information content (AvgIpc) is 2.60. The minimum atomic E-state index is -0.737. The summed E-state index contributed by atoms with van der Waals surface area (Å²) >= 11 is 0. The number of halogens is 1. The molecule has 0 saturated heterocycles. The van der Waals surface area contributed by atoms with Crippen LogP contribution in [-0.4, -0.2) is 18.5 Å². The number of para-hydroxylation sites is 1. The summed E-state index contributed by atoms with van der Waals surface area (Å²) < 4.78 is 23.8. The smallest absolute Gasteiger partial charge is 0.343 e. The summed E-state index contributed by atoms with van der Waals surface area (Å²) in [7, 11) is 0. The summed E-state index contributed by atoms with van der Waals surface area (Å²) in [6.07, 6.45) is 1.76. The van der Waals surface area contributed by atoms with Crippen molar-refractivity contribution in [1.82, 2.24) is 0 Å². The van der Waals surface area contributed by atoms with Crippen LogP contribution >= 0.6 is 0 Å². The lowest BCUT2D eigenvalue weighted by Gasteiger charge is -2.08. The molecule has 0 aliphatic heterocycles. The van der Waals surface area contributed by atoms with Crippen molar-refractivity contribution in [3.63, 3.8) is 0 Å². The first-order valence-corrected chi connectivity index (χ1v) is 8.21. The van der Waals surface area contributed by atoms with Crippen LogP contribution in [0, 0.1) is 11.7 Å². The molecule has 0 saturated carbocycles. The van der Waals surface area contributed by atoms with Crippen LogP contribution in [0.1, 0.15) is 47.4 Å². The Hall–Kier alpha value is -2.69. The molecular formula is C20H21FO4. The summed E-state index contributed by atoms with van der Waals surface area (Å²) in [5.41, 5.74) is 0.410. The number of rotatable bonds is 7. The van der Waals surface area contributed by atoms with E-state index < -0.39 is 17.8 Å². The zero-order chi connectivity index (χ0) is 18.2. The van der Waals surface area contributed by atoms with E-state index in [0.717, 1.165) is 12.8 Å². The van der Waals surface area contributed by atoms with Crippen LogP contribution < -0.4 is 4.74 Å². The van der Waals surface area contributed by atoms with E-state index >= 15 is 0 Å². The first-order valence-electron chi connectivity index (χ1n) is 8.21. The molecule has 0 spiro atoms. The van der Waals surface area contributed by atoms with Crippen molar-refractivity contribution in [2.75, 3.05) is 6.61 Å². The summed E-state index contributed by atoms with van der Waals surface area (Å²) in [5.74, 6) is -1.47. The van der Waals surface area contributed by atoms with Crippen LogP contribution in [0.4, 0.5) is 4.39 Å². The van der Waals surface area contributed by atoms with Gasteiger partial charge < -0.3 is 9.47 Å². The van der Waals surface area contributed by atoms with Gasteiger partial charge in [0.15, 0.2) is 11.6 Å². The second-order valence-corrected chi connectivity index (χ2v) is 6.07. The summed E-state index contributed by atoms with van der Waals surface area (Å²) in [6.45, 7) is 4.54. The van der Waals surface area contributed by atoms with Gasteiger partial charge in [-0.3, -0.25) is 0 Å². The van der Waals surface area contributed by atoms with E-state index in [2.05, 4.69) is 13.8 Å². The Labute approximate surface area is 146 Å². The Balaban J connectivity index is 1.99. The number of hydrogen-bond donors (Lipinski definition) is 0. The van der Waals surface area contributed by atoms with Gasteiger partial charge in [0.25, 0.3) is 0 Å². The molecule has 0 N–H and O–H groups in total. The molecule has 0 aliphatic rings. The zero-order valence-electron chi connectivity index (χ0n) is 14.3. The van der Waals surface area contributed by atoms with Gasteiger partial charge >= 0.3 is 11.9 Å². The largest absolute Gasteiger partial charge is 0.462 e. The van der Waals surface area contributed by atoms with Crippen molar-refractivity contribution < 1.29 is 23.5 Å². The molecule has 2 aromatic rings. The van der Waals surface area contributed by atoms with Gasteiger partial charge in [-0.1, -0.05) is 32.0 Å². The van der Waals surface area contributed by atoms with Gasteiger partial charge in [-0.25, -0.2) is 14.0 Å². The van der Waals surface area contributed by atoms with Crippen molar-refractivity contribution in [2.24, 2.45) is 5.92 Å². The number of carbonyl (C=O) groups is 2. The van der Waals surface area contributed by atoms with Crippen LogP contribution in [0.2, 0.25) is 0 Å². The van der Waals surface area contributed by atoms with E-state index in [4.69, 9.17) is 9.47 Å². The highest BCUT2D eigenvalue weighted by Gasteiger charge is 2.14. The number of ether oxygens (including phenoxy) is 2. The summed E-state index contributed by atoms with van der Waals surface area (Å²) in [6, 6.07) is 11.6. The third-order valence-electron chi connectivity index (χ3n) is 3.53. The quantitative estimate of drug-likeness (QED) is 0.417. The highest BCUT2D eigenvalue weighted by molar-refractivity contribution is 5.96. The Morgan fingerprint density at radius 2 is 1.68 bits per heavy atom. The van der Waals surface area contributed by atoms with Gasteiger partial charge in [0.2, 0.25) is 0 Å². The highest BCUT2D eigenvalue weighted by atomic mass is 19.1. The topological polar surface area (TPSA) is 52.6 Å². The Morgan fingerprint density at radius 3 is 2.36 bits per heavy atom. The number of benzene rings is 2. The van der Waals surface area contributed by atoms with Gasteiger partial charge in [0.05, 0.1) is 17.7 Å². The van der Waals surface area contributed by atoms with Gasteiger partial charge in [-0.15, -0.1) is 0 Å². The van der Waals surface area contributed by atoms with Gasteiger partial charge in [0.1, 0.15) is 0 Å². The van der Waals surface area contributed by atoms with Crippen LogP contribution in [0.25, 0.3) is 0 Å². The fourth-order valence-electron chi connectivity index (χ4n) is 2.20. The molecule has 0 radical (unpaired) electrons. The first kappa shape index (κ1) is 18.6. The Kier molecular flexibility index (Phi) is 6.69. The highest BCUT2D eigenvalue weighted by Crippen LogP contribution is 2.18. The number of carbonyl (C=O) groups excluding carboxylic acids is 2. The summed E-state index contributed by atoms with van der Waals surface area (Å²) in [5, 5.41) is 0. The zero-order valence-corrected chi connectivity index (χ0v) is 14.3. The molecule has 0 amide bonds. The molecule has 0 atom stereocenters. The number of hydrogen-bond acceptors (Lipinski definition) is 4. The maximum Gasteiger partial charge on any atom is 0.343 e. The molecule has 2 aromatic carbocycles. The van der Waals surface area contributed by atoms with Gasteiger partial charge in [0, 0.05) is 0 Å². The van der Waals surface area contributed by atoms with Crippen molar-refractivity contribution in [2.45, 2.75) is 26.7 Å². The van der Waals surface area contributed by atoms with E-state index in [-0.39, 0.29) is 16.9 Å². The average molecular weight is 344 g/mol. The van der Waals surface area contributed by atoms with E-state index in [9.17, 15) is 14.0 Å². The van der Waals surface area contributed by atoms with Gasteiger partial charge in [-0.05, 0) is 49.1 Å². The molecule has 0 aromatic heterocycles. The normalized spacial score (nSPS) is 10.6. The second-order valence-electron chi connectivity index (χ2n) is 6.07. The van der Waals surface area contributed by atoms with Gasteiger partial charge in [-0.2, -0.15) is 0 Å². The molecule has 132 valence electrons. The van der Waals surface area contributed by atoms with Crippen molar-refractivity contribution in [3.05, 3.63) is 65.5 Å². The maximum absolute atomic E-state index is 13.6. The van der Waals surface area contributed by atoms with Crippen molar-refractivity contribution >= 4 is 11.9 Å². The Bertz CT molecular complexity index is 740. The molecule has 0 bridgehead atoms. The monoisotopic (exact) mass is 344 g/mol. The molecule has 0 unspecified atom stereocenters. The third-order valence-corrected chi connectivity index (χ3v) is 3.53. The van der Waals surface area contributed by atoms with E-state index in [1.807, 2.05) is 0 Å². The standard InChI is InChI=1S/C20H21FO4/c1-14(2)7-6-12-24-19(22)15-8-5-9-16(13-15)20(23)25-18-11-4-3-10-17(18)21/h3-5,8-11,13-14H,6-7,12H2,1-2H3. The molecular weight excluding hydrogens is 323 g/mol. The van der Waals surface area contributed by atoms with Crippen LogP contribution in [-0.2, 0) is 4.74 Å². The summed E-state index contributed by atoms with van der Waals surface area (Å²) in [4.78, 5) is 24.2. The Morgan fingerprint density at radius 1 is 1.00 bits per heavy atom. The fourth-order valence-corrected chi connectivity index (χ4v) is 2.20. The second kappa shape index (κ2) is 8.97. The minimum Gasteiger partial charge on any atom is -0.462 e. The lowest BCUT2D eigenvalue weighted by Crippen LogP contribution is -2.12. The lowest BCUT2D eigenvalue weighted by atomic mass is 10.1. The molecule has 0 aliphatic carbocycles. The number of esters is 2. The lowest BCUT2D eigenvalue weighted by molar-refractivity contribution is 0.0494. The van der Waals surface area contributed by atoms with Crippen LogP contribution in [0.3, 0.4) is 0 Å². The SMILES string of the molecule is CC(C)CCCOC(=O)c1cccc(C(=O)Oc2ccccc2F)c1. The van der Waals surface area contributed by atoms with Crippen LogP contribution in [0.15, 0.2) is 48.5 Å². The predicted octanol–water partition coefficient (Wildman–Crippen LogP) is 4.64. The molecule has 0 fully saturated rings. The molecule has 4 nitrogen and oxygen atoms in total. The van der Waals surface area contributed by atoms with Crippen LogP contribution in [0.5, 0.6) is 5.75 Å². The predicted molar refractivity (Wildman–Crippen MR) is 92.2 cm³/mol. The fraction of sp³-hybridized carbons (Fsp3) is 0.300. The molecule has 5 heteroatoms. The van der Waals surface area contributed by atoms with Crippen molar-refractivity contribution in [3.8, 4) is 5.75 Å². The molecule has 0 heterocycles. The van der Waals surface area contributed by atoms with E-state index in [0.29, 0.717) is 12.5 Å². The minimum absolute atomic E-state index is 0.153. The van der Waals surface area contributed by atoms with Crippen molar-refractivity contribution in [1.29, 1.82) is 0 Å². The molecule has 25 heavy (non-hydrogen) atoms. The molecule has 2 rings (SSSR count). The first-order chi connectivity index (χ1) is 12.0. The van der Waals surface area contributed by atoms with E-state index in [1.165, 1.54) is 30.3 Å². The maximum atomic E-state index is 13.6. The van der Waals surface area contributed by atoms with E-state index in [1.54, 1.807) is 18.2 Å². The third kappa shape index (κ3) is 5.71.